The first kappa shape index (κ1) is 7.04. The van der Waals surface area contributed by atoms with Crippen LogP contribution in [0.3, 0.4) is 0 Å². The van der Waals surface area contributed by atoms with Crippen molar-refractivity contribution in [2.45, 2.75) is 0 Å². The van der Waals surface area contributed by atoms with Crippen LogP contribution in [0.25, 0.3) is 6.08 Å². The van der Waals surface area contributed by atoms with Crippen molar-refractivity contribution in [3.63, 3.8) is 0 Å². The van der Waals surface area contributed by atoms with Gasteiger partial charge in [-0.15, -0.1) is 0 Å². The van der Waals surface area contributed by atoms with Crippen LogP contribution in [0, 0.1) is 0 Å². The summed E-state index contributed by atoms with van der Waals surface area (Å²) in [7, 11) is 0. The molecule has 1 aliphatic heterocycles. The van der Waals surface area contributed by atoms with Gasteiger partial charge in [-0.25, -0.2) is 0 Å². The van der Waals surface area contributed by atoms with Crippen LogP contribution in [0.15, 0.2) is 53.7 Å². The lowest BCUT2D eigenvalue weighted by Crippen LogP contribution is -2.23. The van der Waals surface area contributed by atoms with E-state index in [1.54, 1.807) is 0 Å². The molecular formula is C11H9N. The highest BCUT2D eigenvalue weighted by Gasteiger charge is 1.83. The van der Waals surface area contributed by atoms with Crippen molar-refractivity contribution in [3.8, 4) is 0 Å². The van der Waals surface area contributed by atoms with Crippen molar-refractivity contribution >= 4 is 6.08 Å². The predicted octanol–water partition coefficient (Wildman–Crippen LogP) is 1.17. The van der Waals surface area contributed by atoms with E-state index < -0.39 is 0 Å². The SMILES string of the molecule is C1=C/C=c2/ccccc2=NC=C1. The number of hydrogen-bond acceptors (Lipinski definition) is 1. The number of nitrogens with zero attached hydrogens (tertiary/aromatic N) is 1. The Morgan fingerprint density at radius 2 is 1.83 bits per heavy atom. The second kappa shape index (κ2) is 3.18. The van der Waals surface area contributed by atoms with Crippen LogP contribution < -0.4 is 10.6 Å². The summed E-state index contributed by atoms with van der Waals surface area (Å²) in [6.45, 7) is 0. The van der Waals surface area contributed by atoms with E-state index >= 15 is 0 Å². The van der Waals surface area contributed by atoms with E-state index in [0.29, 0.717) is 0 Å². The number of fused-ring (bicyclic) bond motifs is 1. The second-order valence-corrected chi connectivity index (χ2v) is 2.58. The van der Waals surface area contributed by atoms with Crippen molar-refractivity contribution in [3.05, 3.63) is 59.3 Å². The lowest BCUT2D eigenvalue weighted by Gasteiger charge is -1.88. The fourth-order valence-electron chi connectivity index (χ4n) is 1.14. The number of allylic oxidation sites excluding steroid dienone is 3. The molecule has 0 unspecified atom stereocenters. The molecule has 0 N–H and O–H groups in total. The zero-order chi connectivity index (χ0) is 8.23. The highest BCUT2D eigenvalue weighted by atomic mass is 14.7. The molecule has 2 rings (SSSR count). The summed E-state index contributed by atoms with van der Waals surface area (Å²) < 4.78 is 0. The minimum Gasteiger partial charge on any atom is -0.256 e. The Labute approximate surface area is 71.1 Å². The molecule has 0 aliphatic carbocycles. The molecule has 0 spiro atoms. The molecule has 0 fully saturated rings. The molecule has 1 aromatic rings. The lowest BCUT2D eigenvalue weighted by molar-refractivity contribution is 1.30. The van der Waals surface area contributed by atoms with Crippen LogP contribution in [0.4, 0.5) is 0 Å². The summed E-state index contributed by atoms with van der Waals surface area (Å²) in [4.78, 5) is 4.28. The van der Waals surface area contributed by atoms with Gasteiger partial charge in [0.25, 0.3) is 0 Å². The Hall–Kier alpha value is -1.63. The van der Waals surface area contributed by atoms with Crippen LogP contribution >= 0.6 is 0 Å². The summed E-state index contributed by atoms with van der Waals surface area (Å²) in [5, 5.41) is 2.19. The fraction of sp³-hybridized carbons (Fsp3) is 0. The van der Waals surface area contributed by atoms with Gasteiger partial charge < -0.3 is 0 Å². The molecule has 1 aromatic carbocycles. The maximum Gasteiger partial charge on any atom is 0.0701 e. The normalized spacial score (nSPS) is 16.5. The van der Waals surface area contributed by atoms with Crippen LogP contribution in [-0.2, 0) is 0 Å². The van der Waals surface area contributed by atoms with Crippen LogP contribution in [0.1, 0.15) is 0 Å². The van der Waals surface area contributed by atoms with E-state index in [9.17, 15) is 0 Å². The van der Waals surface area contributed by atoms with Gasteiger partial charge in [-0.3, -0.25) is 4.99 Å². The van der Waals surface area contributed by atoms with Crippen molar-refractivity contribution < 1.29 is 0 Å². The second-order valence-electron chi connectivity index (χ2n) is 2.58. The Bertz CT molecular complexity index is 395. The molecule has 1 heterocycles. The summed E-state index contributed by atoms with van der Waals surface area (Å²) >= 11 is 0. The lowest BCUT2D eigenvalue weighted by atomic mass is 10.2. The Morgan fingerprint density at radius 3 is 2.83 bits per heavy atom. The highest BCUT2D eigenvalue weighted by molar-refractivity contribution is 5.38. The van der Waals surface area contributed by atoms with Gasteiger partial charge in [0.15, 0.2) is 0 Å². The van der Waals surface area contributed by atoms with Crippen LogP contribution in [-0.4, -0.2) is 0 Å². The smallest absolute Gasteiger partial charge is 0.0701 e. The van der Waals surface area contributed by atoms with Crippen LogP contribution in [0.2, 0.25) is 0 Å². The van der Waals surface area contributed by atoms with Crippen molar-refractivity contribution in [2.24, 2.45) is 4.99 Å². The number of hydrogen-bond donors (Lipinski definition) is 0. The van der Waals surface area contributed by atoms with Crippen molar-refractivity contribution in [1.82, 2.24) is 0 Å². The maximum atomic E-state index is 4.28. The Morgan fingerprint density at radius 1 is 0.917 bits per heavy atom. The minimum absolute atomic E-state index is 1.03. The van der Waals surface area contributed by atoms with E-state index in [1.165, 1.54) is 0 Å². The molecule has 0 atom stereocenters. The first-order chi connectivity index (χ1) is 5.97. The van der Waals surface area contributed by atoms with E-state index in [1.807, 2.05) is 42.6 Å². The molecule has 58 valence electrons. The average molecular weight is 155 g/mol. The van der Waals surface area contributed by atoms with Gasteiger partial charge in [0, 0.05) is 11.4 Å². The molecule has 1 heteroatoms. The zero-order valence-corrected chi connectivity index (χ0v) is 6.64. The standard InChI is InChI=1S/C11H9N/c1-2-6-10-7-3-4-8-11(10)12-9-5-1/h1-9H/b2-1?,5-1?,6-2?,9-5?,10-6-,12-9?,12-11?. The minimum atomic E-state index is 1.03. The van der Waals surface area contributed by atoms with Gasteiger partial charge >= 0.3 is 0 Å². The van der Waals surface area contributed by atoms with Gasteiger partial charge in [0.1, 0.15) is 0 Å². The zero-order valence-electron chi connectivity index (χ0n) is 6.64. The summed E-state index contributed by atoms with van der Waals surface area (Å²) in [6.07, 6.45) is 9.78. The predicted molar refractivity (Wildman–Crippen MR) is 50.0 cm³/mol. The third-order valence-corrected chi connectivity index (χ3v) is 1.73. The molecule has 1 nitrogen and oxygen atoms in total. The van der Waals surface area contributed by atoms with E-state index in [0.717, 1.165) is 10.6 Å². The highest BCUT2D eigenvalue weighted by Crippen LogP contribution is 1.82. The molecule has 0 aromatic heterocycles. The summed E-state index contributed by atoms with van der Waals surface area (Å²) in [5.74, 6) is 0. The molecule has 0 saturated carbocycles. The fourth-order valence-corrected chi connectivity index (χ4v) is 1.14. The Kier molecular flexibility index (Phi) is 1.87. The molecular weight excluding hydrogens is 146 g/mol. The maximum absolute atomic E-state index is 4.28. The molecule has 0 amide bonds. The first-order valence-corrected chi connectivity index (χ1v) is 3.93. The quantitative estimate of drug-likeness (QED) is 0.533. The van der Waals surface area contributed by atoms with Crippen molar-refractivity contribution in [2.75, 3.05) is 0 Å². The number of rotatable bonds is 0. The Balaban J connectivity index is 2.80. The third kappa shape index (κ3) is 1.35. The van der Waals surface area contributed by atoms with Gasteiger partial charge in [-0.05, 0) is 12.1 Å². The van der Waals surface area contributed by atoms with Gasteiger partial charge in [0.05, 0.1) is 5.36 Å². The van der Waals surface area contributed by atoms with E-state index in [4.69, 9.17) is 0 Å². The number of para-hydroxylation sites is 1. The molecule has 0 radical (unpaired) electrons. The largest absolute Gasteiger partial charge is 0.256 e. The first-order valence-electron chi connectivity index (χ1n) is 3.93. The van der Waals surface area contributed by atoms with Gasteiger partial charge in [0.2, 0.25) is 0 Å². The molecule has 1 aliphatic rings. The van der Waals surface area contributed by atoms with Gasteiger partial charge in [-0.1, -0.05) is 36.4 Å². The average Bonchev–Trinajstić information content (AvgIpc) is 2.06. The summed E-state index contributed by atoms with van der Waals surface area (Å²) in [5.41, 5.74) is 0. The topological polar surface area (TPSA) is 12.4 Å². The van der Waals surface area contributed by atoms with Gasteiger partial charge in [-0.2, -0.15) is 0 Å². The molecule has 0 bridgehead atoms. The monoisotopic (exact) mass is 155 g/mol. The van der Waals surface area contributed by atoms with Crippen molar-refractivity contribution in [1.29, 1.82) is 0 Å². The molecule has 12 heavy (non-hydrogen) atoms. The molecule has 0 saturated heterocycles. The third-order valence-electron chi connectivity index (χ3n) is 1.73. The summed E-state index contributed by atoms with van der Waals surface area (Å²) in [6, 6.07) is 8.08. The number of benzene rings is 1. The van der Waals surface area contributed by atoms with Crippen LogP contribution in [0.5, 0.6) is 0 Å². The van der Waals surface area contributed by atoms with E-state index in [2.05, 4.69) is 17.1 Å². The van der Waals surface area contributed by atoms with E-state index in [-0.39, 0.29) is 0 Å².